The van der Waals surface area contributed by atoms with Crippen LogP contribution in [0, 0.1) is 5.82 Å². The Morgan fingerprint density at radius 3 is 2.10 bits per heavy atom. The van der Waals surface area contributed by atoms with Gasteiger partial charge in [0, 0.05) is 6.07 Å². The molecular weight excluding hydrogens is 283 g/mol. The van der Waals surface area contributed by atoms with Crippen LogP contribution in [-0.2, 0) is 0 Å². The predicted molar refractivity (Wildman–Crippen MR) is 75.0 cm³/mol. The highest BCUT2D eigenvalue weighted by atomic mass is 35.5. The molecule has 20 heavy (non-hydrogen) atoms. The Balaban J connectivity index is 2.41. The van der Waals surface area contributed by atoms with E-state index in [-0.39, 0.29) is 5.02 Å². The standard InChI is InChI=1S/C15H14ClFO3/c1-19-11-5-10(6-12(8-11)20-2)15(18)9-3-4-14(17)13(16)7-9/h3-8,15,18H,1-2H3. The number of rotatable bonds is 4. The van der Waals surface area contributed by atoms with E-state index in [2.05, 4.69) is 0 Å². The second-order valence-electron chi connectivity index (χ2n) is 4.22. The van der Waals surface area contributed by atoms with Gasteiger partial charge in [0.1, 0.15) is 23.4 Å². The van der Waals surface area contributed by atoms with Gasteiger partial charge in [-0.15, -0.1) is 0 Å². The molecule has 0 aliphatic carbocycles. The second kappa shape index (κ2) is 6.11. The van der Waals surface area contributed by atoms with Crippen LogP contribution < -0.4 is 9.47 Å². The van der Waals surface area contributed by atoms with Crippen LogP contribution in [0.1, 0.15) is 17.2 Å². The Hall–Kier alpha value is -1.78. The third-order valence-corrected chi connectivity index (χ3v) is 3.24. The molecule has 5 heteroatoms. The summed E-state index contributed by atoms with van der Waals surface area (Å²) in [6, 6.07) is 9.17. The summed E-state index contributed by atoms with van der Waals surface area (Å²) < 4.78 is 23.4. The van der Waals surface area contributed by atoms with Crippen molar-refractivity contribution in [2.45, 2.75) is 6.10 Å². The van der Waals surface area contributed by atoms with E-state index in [0.717, 1.165) is 0 Å². The van der Waals surface area contributed by atoms with Gasteiger partial charge in [-0.2, -0.15) is 0 Å². The van der Waals surface area contributed by atoms with E-state index in [9.17, 15) is 9.50 Å². The third kappa shape index (κ3) is 3.03. The molecule has 2 rings (SSSR count). The van der Waals surface area contributed by atoms with Crippen molar-refractivity contribution in [3.63, 3.8) is 0 Å². The quantitative estimate of drug-likeness (QED) is 0.937. The number of aliphatic hydroxyl groups excluding tert-OH is 1. The van der Waals surface area contributed by atoms with Gasteiger partial charge < -0.3 is 14.6 Å². The van der Waals surface area contributed by atoms with Crippen molar-refractivity contribution in [3.05, 3.63) is 58.4 Å². The SMILES string of the molecule is COc1cc(OC)cc(C(O)c2ccc(F)c(Cl)c2)c1. The number of benzene rings is 2. The van der Waals surface area contributed by atoms with Gasteiger partial charge in [0.05, 0.1) is 19.2 Å². The maximum Gasteiger partial charge on any atom is 0.141 e. The summed E-state index contributed by atoms with van der Waals surface area (Å²) in [6.45, 7) is 0. The van der Waals surface area contributed by atoms with Crippen molar-refractivity contribution in [3.8, 4) is 11.5 Å². The van der Waals surface area contributed by atoms with Crippen molar-refractivity contribution < 1.29 is 19.0 Å². The summed E-state index contributed by atoms with van der Waals surface area (Å²) in [5.41, 5.74) is 1.07. The molecule has 1 unspecified atom stereocenters. The molecule has 0 saturated carbocycles. The van der Waals surface area contributed by atoms with Crippen molar-refractivity contribution in [1.29, 1.82) is 0 Å². The largest absolute Gasteiger partial charge is 0.497 e. The zero-order valence-electron chi connectivity index (χ0n) is 11.1. The number of ether oxygens (including phenoxy) is 2. The predicted octanol–water partition coefficient (Wildman–Crippen LogP) is 3.58. The van der Waals surface area contributed by atoms with E-state index in [4.69, 9.17) is 21.1 Å². The Morgan fingerprint density at radius 2 is 1.60 bits per heavy atom. The summed E-state index contributed by atoms with van der Waals surface area (Å²) in [5, 5.41) is 10.3. The molecule has 1 N–H and O–H groups in total. The maximum absolute atomic E-state index is 13.1. The molecular formula is C15H14ClFO3. The van der Waals surface area contributed by atoms with Gasteiger partial charge >= 0.3 is 0 Å². The zero-order valence-corrected chi connectivity index (χ0v) is 11.8. The molecule has 0 aromatic heterocycles. The van der Waals surface area contributed by atoms with Crippen LogP contribution in [0.2, 0.25) is 5.02 Å². The minimum atomic E-state index is -0.947. The van der Waals surface area contributed by atoms with Crippen LogP contribution in [0.25, 0.3) is 0 Å². The number of methoxy groups -OCH3 is 2. The van der Waals surface area contributed by atoms with E-state index < -0.39 is 11.9 Å². The molecule has 0 bridgehead atoms. The van der Waals surface area contributed by atoms with Gasteiger partial charge in [0.15, 0.2) is 0 Å². The monoisotopic (exact) mass is 296 g/mol. The number of halogens is 2. The van der Waals surface area contributed by atoms with Gasteiger partial charge in [-0.1, -0.05) is 17.7 Å². The van der Waals surface area contributed by atoms with Crippen LogP contribution >= 0.6 is 11.6 Å². The van der Waals surface area contributed by atoms with Gasteiger partial charge in [-0.3, -0.25) is 0 Å². The van der Waals surface area contributed by atoms with Gasteiger partial charge in [-0.05, 0) is 35.4 Å². The van der Waals surface area contributed by atoms with Crippen molar-refractivity contribution >= 4 is 11.6 Å². The fourth-order valence-electron chi connectivity index (χ4n) is 1.86. The first kappa shape index (κ1) is 14.6. The van der Waals surface area contributed by atoms with Crippen molar-refractivity contribution in [2.24, 2.45) is 0 Å². The lowest BCUT2D eigenvalue weighted by Crippen LogP contribution is -2.01. The molecule has 0 spiro atoms. The molecule has 0 amide bonds. The second-order valence-corrected chi connectivity index (χ2v) is 4.63. The molecule has 2 aromatic rings. The summed E-state index contributed by atoms with van der Waals surface area (Å²) >= 11 is 5.73. The molecule has 3 nitrogen and oxygen atoms in total. The summed E-state index contributed by atoms with van der Waals surface area (Å²) in [4.78, 5) is 0. The minimum absolute atomic E-state index is 0.0311. The first-order chi connectivity index (χ1) is 9.55. The lowest BCUT2D eigenvalue weighted by Gasteiger charge is -2.14. The third-order valence-electron chi connectivity index (χ3n) is 2.95. The Bertz CT molecular complexity index is 594. The average molecular weight is 297 g/mol. The van der Waals surface area contributed by atoms with E-state index in [1.165, 1.54) is 32.4 Å². The van der Waals surface area contributed by atoms with E-state index in [1.807, 2.05) is 0 Å². The average Bonchev–Trinajstić information content (AvgIpc) is 2.48. The van der Waals surface area contributed by atoms with Crippen LogP contribution in [0.4, 0.5) is 4.39 Å². The van der Waals surface area contributed by atoms with Gasteiger partial charge in [-0.25, -0.2) is 4.39 Å². The van der Waals surface area contributed by atoms with Gasteiger partial charge in [0.2, 0.25) is 0 Å². The normalized spacial score (nSPS) is 12.1. The highest BCUT2D eigenvalue weighted by Crippen LogP contribution is 2.31. The lowest BCUT2D eigenvalue weighted by atomic mass is 10.0. The van der Waals surface area contributed by atoms with Crippen molar-refractivity contribution in [2.75, 3.05) is 14.2 Å². The summed E-state index contributed by atoms with van der Waals surface area (Å²) in [7, 11) is 3.05. The molecule has 0 aliphatic rings. The molecule has 0 aliphatic heterocycles. The topological polar surface area (TPSA) is 38.7 Å². The smallest absolute Gasteiger partial charge is 0.141 e. The van der Waals surface area contributed by atoms with E-state index >= 15 is 0 Å². The van der Waals surface area contributed by atoms with Crippen LogP contribution in [0.5, 0.6) is 11.5 Å². The van der Waals surface area contributed by atoms with Crippen molar-refractivity contribution in [1.82, 2.24) is 0 Å². The first-order valence-corrected chi connectivity index (χ1v) is 6.29. The Kier molecular flexibility index (Phi) is 4.47. The first-order valence-electron chi connectivity index (χ1n) is 5.91. The van der Waals surface area contributed by atoms with Crippen LogP contribution in [0.3, 0.4) is 0 Å². The fraction of sp³-hybridized carbons (Fsp3) is 0.200. The zero-order chi connectivity index (χ0) is 14.7. The highest BCUT2D eigenvalue weighted by Gasteiger charge is 2.14. The molecule has 0 radical (unpaired) electrons. The van der Waals surface area contributed by atoms with Crippen LogP contribution in [-0.4, -0.2) is 19.3 Å². The van der Waals surface area contributed by atoms with Gasteiger partial charge in [0.25, 0.3) is 0 Å². The molecule has 1 atom stereocenters. The maximum atomic E-state index is 13.1. The molecule has 2 aromatic carbocycles. The molecule has 106 valence electrons. The lowest BCUT2D eigenvalue weighted by molar-refractivity contribution is 0.219. The van der Waals surface area contributed by atoms with E-state index in [1.54, 1.807) is 18.2 Å². The Morgan fingerprint density at radius 1 is 1.00 bits per heavy atom. The molecule has 0 fully saturated rings. The summed E-state index contributed by atoms with van der Waals surface area (Å²) in [6.07, 6.45) is -0.947. The van der Waals surface area contributed by atoms with E-state index in [0.29, 0.717) is 22.6 Å². The Labute approximate surface area is 121 Å². The fourth-order valence-corrected chi connectivity index (χ4v) is 2.05. The van der Waals surface area contributed by atoms with Crippen LogP contribution in [0.15, 0.2) is 36.4 Å². The number of aliphatic hydroxyl groups is 1. The number of hydrogen-bond acceptors (Lipinski definition) is 3. The molecule has 0 saturated heterocycles. The highest BCUT2D eigenvalue weighted by molar-refractivity contribution is 6.30. The molecule has 0 heterocycles. The minimum Gasteiger partial charge on any atom is -0.497 e. The summed E-state index contributed by atoms with van der Waals surface area (Å²) in [5.74, 6) is 0.601. The number of hydrogen-bond donors (Lipinski definition) is 1.